The Morgan fingerprint density at radius 1 is 1.53 bits per heavy atom. The van der Waals surface area contributed by atoms with Gasteiger partial charge >= 0.3 is 6.55 Å². The Morgan fingerprint density at radius 3 is 2.94 bits per heavy atom. The van der Waals surface area contributed by atoms with Crippen LogP contribution >= 0.6 is 0 Å². The lowest BCUT2D eigenvalue weighted by Gasteiger charge is -2.37. The number of nitrogens with zero attached hydrogens (tertiary/aromatic N) is 3. The lowest BCUT2D eigenvalue weighted by Crippen LogP contribution is -2.53. The van der Waals surface area contributed by atoms with E-state index in [1.54, 1.807) is 6.07 Å². The van der Waals surface area contributed by atoms with Crippen LogP contribution in [0, 0.1) is 0 Å². The van der Waals surface area contributed by atoms with Gasteiger partial charge in [-0.3, -0.25) is 4.90 Å². The maximum absolute atomic E-state index is 12.4. The van der Waals surface area contributed by atoms with E-state index in [-0.39, 0.29) is 0 Å². The molecule has 0 saturated carbocycles. The molecule has 1 aromatic heterocycles. The van der Waals surface area contributed by atoms with E-state index in [0.717, 1.165) is 13.1 Å². The molecular weight excluding hydrogens is 226 g/mol. The Balaban J connectivity index is 1.98. The summed E-state index contributed by atoms with van der Waals surface area (Å²) in [7, 11) is 0. The van der Waals surface area contributed by atoms with Gasteiger partial charge in [-0.15, -0.1) is 0 Å². The molecule has 0 aromatic carbocycles. The van der Waals surface area contributed by atoms with Gasteiger partial charge in [-0.05, 0) is 19.9 Å². The molecule has 2 heterocycles. The second-order valence-electron chi connectivity index (χ2n) is 4.65. The Hall–Kier alpha value is -1.01. The summed E-state index contributed by atoms with van der Waals surface area (Å²) in [4.78, 5) is 2.26. The number of hydrogen-bond donors (Lipinski definition) is 1. The van der Waals surface area contributed by atoms with Crippen LogP contribution in [0.4, 0.5) is 8.78 Å². The number of piperazine rings is 1. The highest BCUT2D eigenvalue weighted by Crippen LogP contribution is 2.13. The molecule has 0 amide bonds. The van der Waals surface area contributed by atoms with Crippen LogP contribution in [0.2, 0.25) is 0 Å². The Bertz CT molecular complexity index is 366. The van der Waals surface area contributed by atoms with Crippen molar-refractivity contribution in [3.05, 3.63) is 18.0 Å². The third-order valence-corrected chi connectivity index (χ3v) is 3.12. The van der Waals surface area contributed by atoms with Crippen molar-refractivity contribution >= 4 is 0 Å². The van der Waals surface area contributed by atoms with Gasteiger partial charge in [0.2, 0.25) is 0 Å². The molecule has 1 fully saturated rings. The van der Waals surface area contributed by atoms with Gasteiger partial charge in [-0.25, -0.2) is 4.68 Å². The molecule has 96 valence electrons. The first kappa shape index (κ1) is 12.4. The van der Waals surface area contributed by atoms with E-state index in [0.29, 0.717) is 29.0 Å². The minimum absolute atomic E-state index is 0.405. The predicted molar refractivity (Wildman–Crippen MR) is 60.8 cm³/mol. The standard InChI is InChI=1S/C11H18F2N4/c1-8-6-16(9(2)5-14-8)7-10-3-4-17(15-10)11(12)13/h3-4,8-9,11,14H,5-7H2,1-2H3. The zero-order chi connectivity index (χ0) is 12.4. The molecule has 1 saturated heterocycles. The molecular formula is C11H18F2N4. The Labute approximate surface area is 99.6 Å². The van der Waals surface area contributed by atoms with Crippen molar-refractivity contribution < 1.29 is 8.78 Å². The number of hydrogen-bond acceptors (Lipinski definition) is 3. The van der Waals surface area contributed by atoms with Crippen molar-refractivity contribution in [2.24, 2.45) is 0 Å². The summed E-state index contributed by atoms with van der Waals surface area (Å²) >= 11 is 0. The molecule has 2 atom stereocenters. The number of aromatic nitrogens is 2. The van der Waals surface area contributed by atoms with Gasteiger partial charge in [0.25, 0.3) is 0 Å². The van der Waals surface area contributed by atoms with Crippen molar-refractivity contribution in [1.82, 2.24) is 20.0 Å². The van der Waals surface area contributed by atoms with Gasteiger partial charge in [-0.2, -0.15) is 13.9 Å². The van der Waals surface area contributed by atoms with E-state index in [9.17, 15) is 8.78 Å². The van der Waals surface area contributed by atoms with Crippen LogP contribution in [0.1, 0.15) is 26.1 Å². The fourth-order valence-electron chi connectivity index (χ4n) is 2.10. The average Bonchev–Trinajstić information content (AvgIpc) is 2.72. The highest BCUT2D eigenvalue weighted by Gasteiger charge is 2.23. The maximum atomic E-state index is 12.4. The van der Waals surface area contributed by atoms with E-state index in [1.807, 2.05) is 0 Å². The molecule has 0 spiro atoms. The predicted octanol–water partition coefficient (Wildman–Crippen LogP) is 1.46. The first-order chi connectivity index (χ1) is 8.06. The van der Waals surface area contributed by atoms with Crippen molar-refractivity contribution in [3.8, 4) is 0 Å². The zero-order valence-electron chi connectivity index (χ0n) is 10.1. The molecule has 0 bridgehead atoms. The molecule has 1 aliphatic heterocycles. The van der Waals surface area contributed by atoms with E-state index < -0.39 is 6.55 Å². The van der Waals surface area contributed by atoms with Crippen LogP contribution < -0.4 is 5.32 Å². The second kappa shape index (κ2) is 5.10. The van der Waals surface area contributed by atoms with Crippen LogP contribution in [0.5, 0.6) is 0 Å². The number of alkyl halides is 2. The molecule has 0 radical (unpaired) electrons. The normalized spacial score (nSPS) is 26.6. The van der Waals surface area contributed by atoms with Gasteiger partial charge in [0, 0.05) is 37.9 Å². The number of rotatable bonds is 3. The fraction of sp³-hybridized carbons (Fsp3) is 0.727. The Kier molecular flexibility index (Phi) is 3.73. The highest BCUT2D eigenvalue weighted by molar-refractivity contribution is 5.00. The van der Waals surface area contributed by atoms with Gasteiger partial charge < -0.3 is 5.32 Å². The topological polar surface area (TPSA) is 33.1 Å². The molecule has 2 rings (SSSR count). The van der Waals surface area contributed by atoms with Crippen LogP contribution in [0.3, 0.4) is 0 Å². The first-order valence-electron chi connectivity index (χ1n) is 5.86. The molecule has 1 N–H and O–H groups in total. The third-order valence-electron chi connectivity index (χ3n) is 3.12. The van der Waals surface area contributed by atoms with E-state index in [1.165, 1.54) is 6.20 Å². The summed E-state index contributed by atoms with van der Waals surface area (Å²) in [5, 5.41) is 7.25. The number of nitrogens with one attached hydrogen (secondary N) is 1. The fourth-order valence-corrected chi connectivity index (χ4v) is 2.10. The molecule has 1 aromatic rings. The SMILES string of the molecule is CC1CN(Cc2ccn(C(F)F)n2)C(C)CN1. The van der Waals surface area contributed by atoms with Gasteiger partial charge in [0.05, 0.1) is 5.69 Å². The number of halogens is 2. The third kappa shape index (κ3) is 3.01. The zero-order valence-corrected chi connectivity index (χ0v) is 10.1. The van der Waals surface area contributed by atoms with Crippen molar-refractivity contribution in [2.45, 2.75) is 39.0 Å². The van der Waals surface area contributed by atoms with Gasteiger partial charge in [0.15, 0.2) is 0 Å². The first-order valence-corrected chi connectivity index (χ1v) is 5.86. The summed E-state index contributed by atoms with van der Waals surface area (Å²) in [6.45, 7) is 4.18. The van der Waals surface area contributed by atoms with Gasteiger partial charge in [0.1, 0.15) is 0 Å². The van der Waals surface area contributed by atoms with Crippen molar-refractivity contribution in [1.29, 1.82) is 0 Å². The minimum atomic E-state index is -2.55. The highest BCUT2D eigenvalue weighted by atomic mass is 19.3. The van der Waals surface area contributed by atoms with E-state index in [2.05, 4.69) is 29.2 Å². The second-order valence-corrected chi connectivity index (χ2v) is 4.65. The van der Waals surface area contributed by atoms with Crippen LogP contribution in [-0.4, -0.2) is 39.9 Å². The molecule has 2 unspecified atom stereocenters. The van der Waals surface area contributed by atoms with Crippen LogP contribution in [0.15, 0.2) is 12.3 Å². The summed E-state index contributed by atoms with van der Waals surface area (Å²) in [6, 6.07) is 2.50. The summed E-state index contributed by atoms with van der Waals surface area (Å²) < 4.78 is 25.4. The summed E-state index contributed by atoms with van der Waals surface area (Å²) in [5.41, 5.74) is 0.700. The molecule has 0 aliphatic carbocycles. The monoisotopic (exact) mass is 244 g/mol. The lowest BCUT2D eigenvalue weighted by atomic mass is 10.1. The minimum Gasteiger partial charge on any atom is -0.311 e. The smallest absolute Gasteiger partial charge is 0.311 e. The Morgan fingerprint density at radius 2 is 2.29 bits per heavy atom. The molecule has 4 nitrogen and oxygen atoms in total. The molecule has 1 aliphatic rings. The quantitative estimate of drug-likeness (QED) is 0.874. The van der Waals surface area contributed by atoms with Gasteiger partial charge in [-0.1, -0.05) is 0 Å². The van der Waals surface area contributed by atoms with Crippen molar-refractivity contribution in [2.75, 3.05) is 13.1 Å². The van der Waals surface area contributed by atoms with E-state index in [4.69, 9.17) is 0 Å². The van der Waals surface area contributed by atoms with Crippen molar-refractivity contribution in [3.63, 3.8) is 0 Å². The summed E-state index contributed by atoms with van der Waals surface area (Å²) in [5.74, 6) is 0. The largest absolute Gasteiger partial charge is 0.333 e. The van der Waals surface area contributed by atoms with Crippen LogP contribution in [0.25, 0.3) is 0 Å². The van der Waals surface area contributed by atoms with Crippen LogP contribution in [-0.2, 0) is 6.54 Å². The molecule has 17 heavy (non-hydrogen) atoms. The molecule has 6 heteroatoms. The van der Waals surface area contributed by atoms with E-state index >= 15 is 0 Å². The lowest BCUT2D eigenvalue weighted by molar-refractivity contribution is 0.0553. The summed E-state index contributed by atoms with van der Waals surface area (Å²) in [6.07, 6.45) is 1.33. The average molecular weight is 244 g/mol. The maximum Gasteiger partial charge on any atom is 0.333 e.